The van der Waals surface area contributed by atoms with Crippen LogP contribution in [0.15, 0.2) is 18.3 Å². The van der Waals surface area contributed by atoms with Gasteiger partial charge in [0.2, 0.25) is 0 Å². The summed E-state index contributed by atoms with van der Waals surface area (Å²) < 4.78 is 39.1. The number of aromatic carboxylic acids is 1. The largest absolute Gasteiger partial charge is 0.478 e. The van der Waals surface area contributed by atoms with Gasteiger partial charge in [0.15, 0.2) is 17.5 Å². The predicted molar refractivity (Wildman–Crippen MR) is 48.6 cm³/mol. The molecule has 3 nitrogen and oxygen atoms in total. The van der Waals surface area contributed by atoms with Gasteiger partial charge in [-0.05, 0) is 6.07 Å². The van der Waals surface area contributed by atoms with E-state index in [1.165, 1.54) is 0 Å². The number of benzene rings is 1. The van der Waals surface area contributed by atoms with Crippen molar-refractivity contribution in [2.75, 3.05) is 0 Å². The van der Waals surface area contributed by atoms with Crippen LogP contribution in [-0.2, 0) is 0 Å². The van der Waals surface area contributed by atoms with Crippen molar-refractivity contribution in [2.45, 2.75) is 0 Å². The number of nitrogens with zero attached hydrogens (tertiary/aromatic N) is 1. The van der Waals surface area contributed by atoms with Crippen molar-refractivity contribution in [3.05, 3.63) is 41.3 Å². The molecule has 2 rings (SSSR count). The molecule has 1 aromatic heterocycles. The maximum atomic E-state index is 13.4. The third-order valence-corrected chi connectivity index (χ3v) is 2.10. The molecule has 0 amide bonds. The Bertz CT molecular complexity index is 598. The number of halogens is 3. The van der Waals surface area contributed by atoms with Crippen LogP contribution in [0.4, 0.5) is 13.2 Å². The lowest BCUT2D eigenvalue weighted by Gasteiger charge is -2.04. The SMILES string of the molecule is O=C(O)c1ccnc2cc(F)c(F)c(F)c12. The van der Waals surface area contributed by atoms with Crippen molar-refractivity contribution >= 4 is 16.9 Å². The van der Waals surface area contributed by atoms with Crippen LogP contribution in [-0.4, -0.2) is 16.1 Å². The molecule has 16 heavy (non-hydrogen) atoms. The van der Waals surface area contributed by atoms with Crippen LogP contribution < -0.4 is 0 Å². The number of hydrogen-bond acceptors (Lipinski definition) is 2. The van der Waals surface area contributed by atoms with Gasteiger partial charge >= 0.3 is 5.97 Å². The van der Waals surface area contributed by atoms with Gasteiger partial charge in [-0.2, -0.15) is 0 Å². The van der Waals surface area contributed by atoms with Gasteiger partial charge in [0.05, 0.1) is 16.5 Å². The summed E-state index contributed by atoms with van der Waals surface area (Å²) in [7, 11) is 0. The molecule has 0 saturated heterocycles. The maximum absolute atomic E-state index is 13.4. The average molecular weight is 227 g/mol. The minimum atomic E-state index is -1.71. The number of aromatic nitrogens is 1. The van der Waals surface area contributed by atoms with Gasteiger partial charge in [-0.25, -0.2) is 18.0 Å². The van der Waals surface area contributed by atoms with E-state index in [1.807, 2.05) is 0 Å². The predicted octanol–water partition coefficient (Wildman–Crippen LogP) is 2.35. The summed E-state index contributed by atoms with van der Waals surface area (Å²) >= 11 is 0. The van der Waals surface area contributed by atoms with Gasteiger partial charge in [0.25, 0.3) is 0 Å². The molecule has 0 aliphatic carbocycles. The third kappa shape index (κ3) is 1.39. The van der Waals surface area contributed by atoms with Crippen LogP contribution in [0.3, 0.4) is 0 Å². The lowest BCUT2D eigenvalue weighted by Crippen LogP contribution is -2.02. The summed E-state index contributed by atoms with van der Waals surface area (Å²) in [6.45, 7) is 0. The Balaban J connectivity index is 2.97. The van der Waals surface area contributed by atoms with Gasteiger partial charge in [-0.15, -0.1) is 0 Å². The summed E-state index contributed by atoms with van der Waals surface area (Å²) in [6, 6.07) is 1.67. The molecule has 0 saturated carbocycles. The van der Waals surface area contributed by atoms with E-state index in [1.54, 1.807) is 0 Å². The summed E-state index contributed by atoms with van der Waals surface area (Å²) in [5, 5.41) is 8.22. The van der Waals surface area contributed by atoms with Crippen LogP contribution in [0, 0.1) is 17.5 Å². The molecule has 0 unspecified atom stereocenters. The van der Waals surface area contributed by atoms with E-state index in [0.29, 0.717) is 6.07 Å². The van der Waals surface area contributed by atoms with Crippen LogP contribution >= 0.6 is 0 Å². The third-order valence-electron chi connectivity index (χ3n) is 2.10. The van der Waals surface area contributed by atoms with E-state index in [4.69, 9.17) is 5.11 Å². The van der Waals surface area contributed by atoms with Gasteiger partial charge in [-0.3, -0.25) is 4.98 Å². The number of fused-ring (bicyclic) bond motifs is 1. The Morgan fingerprint density at radius 1 is 1.25 bits per heavy atom. The Morgan fingerprint density at radius 2 is 1.94 bits per heavy atom. The molecular weight excluding hydrogens is 223 g/mol. The zero-order valence-electron chi connectivity index (χ0n) is 7.67. The molecule has 0 spiro atoms. The zero-order chi connectivity index (χ0) is 11.9. The molecule has 1 heterocycles. The Morgan fingerprint density at radius 3 is 2.56 bits per heavy atom. The Kier molecular flexibility index (Phi) is 2.26. The highest BCUT2D eigenvalue weighted by molar-refractivity contribution is 6.02. The van der Waals surface area contributed by atoms with Crippen molar-refractivity contribution < 1.29 is 23.1 Å². The highest BCUT2D eigenvalue weighted by atomic mass is 19.2. The molecule has 0 aliphatic rings. The zero-order valence-corrected chi connectivity index (χ0v) is 7.67. The fourth-order valence-electron chi connectivity index (χ4n) is 1.39. The van der Waals surface area contributed by atoms with Crippen molar-refractivity contribution in [1.29, 1.82) is 0 Å². The van der Waals surface area contributed by atoms with Crippen LogP contribution in [0.2, 0.25) is 0 Å². The topological polar surface area (TPSA) is 50.2 Å². The molecule has 0 aliphatic heterocycles. The molecule has 0 radical (unpaired) electrons. The second-order valence-corrected chi connectivity index (χ2v) is 3.04. The first kappa shape index (κ1) is 10.4. The van der Waals surface area contributed by atoms with Crippen molar-refractivity contribution in [1.82, 2.24) is 4.98 Å². The van der Waals surface area contributed by atoms with Crippen molar-refractivity contribution in [3.63, 3.8) is 0 Å². The van der Waals surface area contributed by atoms with Crippen LogP contribution in [0.1, 0.15) is 10.4 Å². The number of hydrogen-bond donors (Lipinski definition) is 1. The van der Waals surface area contributed by atoms with E-state index < -0.39 is 34.4 Å². The smallest absolute Gasteiger partial charge is 0.336 e. The van der Waals surface area contributed by atoms with E-state index >= 15 is 0 Å². The summed E-state index contributed by atoms with van der Waals surface area (Å²) in [6.07, 6.45) is 1.09. The molecule has 0 bridgehead atoms. The number of rotatable bonds is 1. The number of carboxylic acid groups (broad SMARTS) is 1. The molecule has 0 atom stereocenters. The van der Waals surface area contributed by atoms with Crippen molar-refractivity contribution in [3.8, 4) is 0 Å². The summed E-state index contributed by atoms with van der Waals surface area (Å²) in [5.41, 5.74) is -0.697. The maximum Gasteiger partial charge on any atom is 0.336 e. The number of carboxylic acids is 1. The highest BCUT2D eigenvalue weighted by Crippen LogP contribution is 2.24. The first-order chi connectivity index (χ1) is 7.52. The minimum absolute atomic E-state index is 0.240. The van der Waals surface area contributed by atoms with E-state index in [0.717, 1.165) is 12.3 Å². The molecule has 1 N–H and O–H groups in total. The van der Waals surface area contributed by atoms with Gasteiger partial charge in [-0.1, -0.05) is 0 Å². The molecular formula is C10H4F3NO2. The van der Waals surface area contributed by atoms with E-state index in [-0.39, 0.29) is 5.52 Å². The lowest BCUT2D eigenvalue weighted by atomic mass is 10.1. The molecule has 2 aromatic rings. The Labute approximate surface area is 87.2 Å². The minimum Gasteiger partial charge on any atom is -0.478 e. The normalized spacial score (nSPS) is 10.7. The molecule has 6 heteroatoms. The number of pyridine rings is 1. The van der Waals surface area contributed by atoms with Crippen LogP contribution in [0.25, 0.3) is 10.9 Å². The fourth-order valence-corrected chi connectivity index (χ4v) is 1.39. The van der Waals surface area contributed by atoms with Gasteiger partial charge < -0.3 is 5.11 Å². The van der Waals surface area contributed by atoms with Gasteiger partial charge in [0, 0.05) is 12.3 Å². The standard InChI is InChI=1S/C10H4F3NO2/c11-5-3-6-7(9(13)8(5)12)4(10(15)16)1-2-14-6/h1-3H,(H,15,16). The average Bonchev–Trinajstić information content (AvgIpc) is 2.25. The summed E-state index contributed by atoms with van der Waals surface area (Å²) in [5.74, 6) is -6.08. The number of carbonyl (C=O) groups is 1. The Hall–Kier alpha value is -2.11. The van der Waals surface area contributed by atoms with Gasteiger partial charge in [0.1, 0.15) is 0 Å². The van der Waals surface area contributed by atoms with Crippen molar-refractivity contribution in [2.24, 2.45) is 0 Å². The van der Waals surface area contributed by atoms with Crippen LogP contribution in [0.5, 0.6) is 0 Å². The van der Waals surface area contributed by atoms with E-state index in [9.17, 15) is 18.0 Å². The fraction of sp³-hybridized carbons (Fsp3) is 0. The second kappa shape index (κ2) is 3.48. The molecule has 0 fully saturated rings. The quantitative estimate of drug-likeness (QED) is 0.760. The molecule has 1 aromatic carbocycles. The highest BCUT2D eigenvalue weighted by Gasteiger charge is 2.19. The first-order valence-corrected chi connectivity index (χ1v) is 4.18. The summed E-state index contributed by atoms with van der Waals surface area (Å²) in [4.78, 5) is 14.3. The van der Waals surface area contributed by atoms with E-state index in [2.05, 4.69) is 4.98 Å². The lowest BCUT2D eigenvalue weighted by molar-refractivity contribution is 0.0698. The second-order valence-electron chi connectivity index (χ2n) is 3.04. The monoisotopic (exact) mass is 227 g/mol. The first-order valence-electron chi connectivity index (χ1n) is 4.18. The molecule has 82 valence electrons.